The third-order valence-corrected chi connectivity index (χ3v) is 4.94. The molecule has 0 radical (unpaired) electrons. The number of pyridine rings is 1. The topological polar surface area (TPSA) is 36.4 Å². The van der Waals surface area contributed by atoms with Crippen LogP contribution in [0.25, 0.3) is 0 Å². The molecule has 128 valence electrons. The minimum absolute atomic E-state index is 0.0762. The van der Waals surface area contributed by atoms with Gasteiger partial charge in [0, 0.05) is 24.4 Å². The number of likely N-dealkylation sites (N-methyl/N-ethyl adjacent to an activating group) is 1. The van der Waals surface area contributed by atoms with Gasteiger partial charge in [-0.15, -0.1) is 0 Å². The molecule has 1 aliphatic heterocycles. The molecule has 0 atom stereocenters. The molecule has 23 heavy (non-hydrogen) atoms. The van der Waals surface area contributed by atoms with E-state index in [-0.39, 0.29) is 5.41 Å². The van der Waals surface area contributed by atoms with Crippen LogP contribution in [0.3, 0.4) is 0 Å². The van der Waals surface area contributed by atoms with Gasteiger partial charge in [-0.2, -0.15) is 0 Å². The molecule has 0 spiro atoms. The lowest BCUT2D eigenvalue weighted by molar-refractivity contribution is -0.122. The Morgan fingerprint density at radius 1 is 1.30 bits per heavy atom. The second-order valence-electron chi connectivity index (χ2n) is 7.58. The summed E-state index contributed by atoms with van der Waals surface area (Å²) in [5.74, 6) is 0.351. The van der Waals surface area contributed by atoms with Gasteiger partial charge in [-0.25, -0.2) is 0 Å². The molecule has 2 heterocycles. The second kappa shape index (κ2) is 8.02. The molecule has 1 saturated heterocycles. The fourth-order valence-corrected chi connectivity index (χ4v) is 3.64. The van der Waals surface area contributed by atoms with Crippen molar-refractivity contribution in [3.05, 3.63) is 30.1 Å². The Kier molecular flexibility index (Phi) is 6.31. The molecule has 0 bridgehead atoms. The molecule has 1 aliphatic rings. The van der Waals surface area contributed by atoms with E-state index < -0.39 is 0 Å². The van der Waals surface area contributed by atoms with Crippen LogP contribution in [0.2, 0.25) is 0 Å². The molecule has 1 aromatic rings. The molecular weight excluding hydrogens is 286 g/mol. The molecule has 0 aliphatic carbocycles. The quantitative estimate of drug-likeness (QED) is 0.774. The summed E-state index contributed by atoms with van der Waals surface area (Å²) in [6.45, 7) is 7.21. The molecule has 0 aromatic carbocycles. The molecule has 1 aromatic heterocycles. The highest BCUT2D eigenvalue weighted by molar-refractivity contribution is 5.81. The average molecular weight is 317 g/mol. The predicted molar refractivity (Wildman–Crippen MR) is 94.5 cm³/mol. The highest BCUT2D eigenvalue weighted by Crippen LogP contribution is 2.38. The lowest BCUT2D eigenvalue weighted by atomic mass is 9.71. The minimum atomic E-state index is 0.0762. The summed E-state index contributed by atoms with van der Waals surface area (Å²) in [7, 11) is 3.93. The average Bonchev–Trinajstić information content (AvgIpc) is 2.47. The number of carbonyl (C=O) groups is 1. The van der Waals surface area contributed by atoms with Gasteiger partial charge >= 0.3 is 0 Å². The van der Waals surface area contributed by atoms with Gasteiger partial charge in [0.15, 0.2) is 0 Å². The van der Waals surface area contributed by atoms with E-state index in [0.29, 0.717) is 24.8 Å². The van der Waals surface area contributed by atoms with Gasteiger partial charge in [-0.1, -0.05) is 6.07 Å². The Morgan fingerprint density at radius 3 is 2.52 bits per heavy atom. The first-order chi connectivity index (χ1) is 10.9. The standard InChI is InChI=1S/C19H31N3O/c1-16(2)22-11-8-19(9-12-22,14-18(23)15-21(3)4)13-17-7-5-6-10-20-17/h5-7,10,16H,8-9,11-15H2,1-4H3. The maximum absolute atomic E-state index is 12.5. The molecule has 1 fully saturated rings. The lowest BCUT2D eigenvalue weighted by Crippen LogP contribution is -2.45. The largest absolute Gasteiger partial charge is 0.302 e. The summed E-state index contributed by atoms with van der Waals surface area (Å²) in [5, 5.41) is 0. The van der Waals surface area contributed by atoms with Gasteiger partial charge in [0.2, 0.25) is 0 Å². The van der Waals surface area contributed by atoms with Crippen LogP contribution in [0.5, 0.6) is 0 Å². The number of carbonyl (C=O) groups excluding carboxylic acids is 1. The van der Waals surface area contributed by atoms with E-state index in [0.717, 1.165) is 38.0 Å². The predicted octanol–water partition coefficient (Wildman–Crippen LogP) is 2.64. The van der Waals surface area contributed by atoms with Crippen molar-refractivity contribution in [2.45, 2.75) is 45.6 Å². The maximum atomic E-state index is 12.5. The normalized spacial score (nSPS) is 18.5. The van der Waals surface area contributed by atoms with Crippen LogP contribution in [-0.4, -0.2) is 60.3 Å². The van der Waals surface area contributed by atoms with Crippen LogP contribution in [0.1, 0.15) is 38.8 Å². The van der Waals surface area contributed by atoms with E-state index in [2.05, 4.69) is 29.8 Å². The Balaban J connectivity index is 2.10. The Morgan fingerprint density at radius 2 is 2.00 bits per heavy atom. The Labute approximate surface area is 140 Å². The zero-order valence-electron chi connectivity index (χ0n) is 15.1. The third kappa shape index (κ3) is 5.40. The number of hydrogen-bond acceptors (Lipinski definition) is 4. The Bertz CT molecular complexity index is 491. The summed E-state index contributed by atoms with van der Waals surface area (Å²) in [6.07, 6.45) is 5.61. The zero-order chi connectivity index (χ0) is 16.9. The van der Waals surface area contributed by atoms with Crippen LogP contribution in [0, 0.1) is 5.41 Å². The van der Waals surface area contributed by atoms with Gasteiger partial charge in [-0.3, -0.25) is 9.78 Å². The van der Waals surface area contributed by atoms with E-state index in [4.69, 9.17) is 0 Å². The summed E-state index contributed by atoms with van der Waals surface area (Å²) >= 11 is 0. The first-order valence-corrected chi connectivity index (χ1v) is 8.71. The second-order valence-corrected chi connectivity index (χ2v) is 7.58. The lowest BCUT2D eigenvalue weighted by Gasteiger charge is -2.43. The van der Waals surface area contributed by atoms with Crippen molar-refractivity contribution in [3.63, 3.8) is 0 Å². The minimum Gasteiger partial charge on any atom is -0.302 e. The van der Waals surface area contributed by atoms with Crippen LogP contribution < -0.4 is 0 Å². The van der Waals surface area contributed by atoms with Crippen LogP contribution in [0.4, 0.5) is 0 Å². The summed E-state index contributed by atoms with van der Waals surface area (Å²) < 4.78 is 0. The van der Waals surface area contributed by atoms with Gasteiger partial charge in [-0.05, 0) is 77.8 Å². The summed E-state index contributed by atoms with van der Waals surface area (Å²) in [5.41, 5.74) is 1.19. The van der Waals surface area contributed by atoms with Crippen molar-refractivity contribution in [1.29, 1.82) is 0 Å². The molecule has 0 unspecified atom stereocenters. The van der Waals surface area contributed by atoms with Crippen molar-refractivity contribution in [2.24, 2.45) is 5.41 Å². The smallest absolute Gasteiger partial charge is 0.147 e. The third-order valence-electron chi connectivity index (χ3n) is 4.94. The number of nitrogens with zero attached hydrogens (tertiary/aromatic N) is 3. The monoisotopic (exact) mass is 317 g/mol. The summed E-state index contributed by atoms with van der Waals surface area (Å²) in [4.78, 5) is 21.5. The highest BCUT2D eigenvalue weighted by Gasteiger charge is 2.37. The molecule has 0 amide bonds. The molecule has 4 heteroatoms. The number of hydrogen-bond donors (Lipinski definition) is 0. The number of likely N-dealkylation sites (tertiary alicyclic amines) is 1. The van der Waals surface area contributed by atoms with Gasteiger partial charge in [0.25, 0.3) is 0 Å². The highest BCUT2D eigenvalue weighted by atomic mass is 16.1. The fourth-order valence-electron chi connectivity index (χ4n) is 3.64. The van der Waals surface area contributed by atoms with E-state index in [1.165, 1.54) is 0 Å². The van der Waals surface area contributed by atoms with Crippen molar-refractivity contribution in [2.75, 3.05) is 33.7 Å². The fraction of sp³-hybridized carbons (Fsp3) is 0.684. The molecule has 0 saturated carbocycles. The molecule has 0 N–H and O–H groups in total. The van der Waals surface area contributed by atoms with Crippen LogP contribution in [0.15, 0.2) is 24.4 Å². The van der Waals surface area contributed by atoms with E-state index in [1.54, 1.807) is 0 Å². The first kappa shape index (κ1) is 18.1. The maximum Gasteiger partial charge on any atom is 0.147 e. The van der Waals surface area contributed by atoms with Gasteiger partial charge in [0.1, 0.15) is 5.78 Å². The van der Waals surface area contributed by atoms with Crippen LogP contribution in [-0.2, 0) is 11.2 Å². The van der Waals surface area contributed by atoms with Crippen molar-refractivity contribution >= 4 is 5.78 Å². The molecular formula is C19H31N3O. The number of rotatable bonds is 7. The Hall–Kier alpha value is -1.26. The van der Waals surface area contributed by atoms with Gasteiger partial charge in [0.05, 0.1) is 6.54 Å². The van der Waals surface area contributed by atoms with E-state index in [9.17, 15) is 4.79 Å². The molecule has 2 rings (SSSR count). The number of ketones is 1. The molecule has 4 nitrogen and oxygen atoms in total. The number of Topliss-reactive ketones (excluding diaryl/α,β-unsaturated/α-hetero) is 1. The summed E-state index contributed by atoms with van der Waals surface area (Å²) in [6, 6.07) is 6.67. The number of aromatic nitrogens is 1. The SMILES string of the molecule is CC(C)N1CCC(CC(=O)CN(C)C)(Cc2ccccn2)CC1. The van der Waals surface area contributed by atoms with Gasteiger partial charge < -0.3 is 9.80 Å². The van der Waals surface area contributed by atoms with Crippen LogP contribution >= 0.6 is 0 Å². The van der Waals surface area contributed by atoms with Crippen molar-refractivity contribution in [3.8, 4) is 0 Å². The van der Waals surface area contributed by atoms with E-state index >= 15 is 0 Å². The van der Waals surface area contributed by atoms with Crippen molar-refractivity contribution in [1.82, 2.24) is 14.8 Å². The zero-order valence-corrected chi connectivity index (χ0v) is 15.1. The first-order valence-electron chi connectivity index (χ1n) is 8.71. The van der Waals surface area contributed by atoms with E-state index in [1.807, 2.05) is 37.3 Å². The number of piperidine rings is 1. The van der Waals surface area contributed by atoms with Crippen molar-refractivity contribution < 1.29 is 4.79 Å².